The lowest BCUT2D eigenvalue weighted by atomic mass is 10.3. The first kappa shape index (κ1) is 6.09. The fraction of sp³-hybridized carbons (Fsp3) is 0.600. The van der Waals surface area contributed by atoms with Gasteiger partial charge >= 0.3 is 0 Å². The summed E-state index contributed by atoms with van der Waals surface area (Å²) >= 11 is 4.79. The van der Waals surface area contributed by atoms with Crippen LogP contribution in [-0.2, 0) is 0 Å². The number of thiocarbonyl (C=S) groups is 1. The minimum atomic E-state index is 0.811. The molecule has 0 N–H and O–H groups in total. The van der Waals surface area contributed by atoms with E-state index in [1.54, 1.807) is 0 Å². The van der Waals surface area contributed by atoms with Crippen LogP contribution in [0.25, 0.3) is 0 Å². The van der Waals surface area contributed by atoms with Crippen molar-refractivity contribution in [2.24, 2.45) is 0 Å². The topological polar surface area (TPSA) is 0 Å². The fourth-order valence-corrected chi connectivity index (χ4v) is 0.177. The molecule has 6 heavy (non-hydrogen) atoms. The lowest BCUT2D eigenvalue weighted by molar-refractivity contribution is 1.26. The summed E-state index contributed by atoms with van der Waals surface area (Å²) in [6.45, 7) is 5.66. The first-order valence-corrected chi connectivity index (χ1v) is 2.53. The van der Waals surface area contributed by atoms with Crippen LogP contribution in [0, 0.1) is 6.92 Å². The van der Waals surface area contributed by atoms with Crippen molar-refractivity contribution in [2.45, 2.75) is 19.8 Å². The maximum atomic E-state index is 4.79. The Kier molecular flexibility index (Phi) is 3.34. The summed E-state index contributed by atoms with van der Waals surface area (Å²) in [4.78, 5) is 1.06. The highest BCUT2D eigenvalue weighted by atomic mass is 32.1. The molecule has 0 aromatic rings. The van der Waals surface area contributed by atoms with Gasteiger partial charge in [0.2, 0.25) is 0 Å². The lowest BCUT2D eigenvalue weighted by Crippen LogP contribution is -1.84. The van der Waals surface area contributed by atoms with E-state index >= 15 is 0 Å². The van der Waals surface area contributed by atoms with Crippen molar-refractivity contribution in [1.82, 2.24) is 0 Å². The fourth-order valence-electron chi connectivity index (χ4n) is 0.177. The van der Waals surface area contributed by atoms with Crippen molar-refractivity contribution in [3.05, 3.63) is 6.92 Å². The van der Waals surface area contributed by atoms with Gasteiger partial charge in [-0.1, -0.05) is 19.1 Å². The third kappa shape index (κ3) is 2.33. The largest absolute Gasteiger partial charge is 0.0897 e. The van der Waals surface area contributed by atoms with Gasteiger partial charge < -0.3 is 0 Å². The highest BCUT2D eigenvalue weighted by Gasteiger charge is 1.81. The molecule has 0 aliphatic carbocycles. The molecule has 1 heteroatoms. The standard InChI is InChI=1S/C5H9S/c1-3-5(6)4-2/h1,3-4H2,2H3. The van der Waals surface area contributed by atoms with Crippen molar-refractivity contribution in [3.63, 3.8) is 0 Å². The summed E-state index contributed by atoms with van der Waals surface area (Å²) in [7, 11) is 0. The second-order valence-corrected chi connectivity index (χ2v) is 1.72. The van der Waals surface area contributed by atoms with Gasteiger partial charge in [0.15, 0.2) is 0 Å². The summed E-state index contributed by atoms with van der Waals surface area (Å²) in [6.07, 6.45) is 1.81. The van der Waals surface area contributed by atoms with Crippen molar-refractivity contribution in [2.75, 3.05) is 0 Å². The quantitative estimate of drug-likeness (QED) is 0.479. The number of hydrogen-bond donors (Lipinski definition) is 0. The first-order valence-electron chi connectivity index (χ1n) is 2.12. The van der Waals surface area contributed by atoms with Gasteiger partial charge in [-0.25, -0.2) is 0 Å². The van der Waals surface area contributed by atoms with Crippen LogP contribution in [0.1, 0.15) is 19.8 Å². The Hall–Kier alpha value is 0.0900. The molecule has 0 aromatic heterocycles. The summed E-state index contributed by atoms with van der Waals surface area (Å²) in [5, 5.41) is 0. The first-order chi connectivity index (χ1) is 2.81. The Balaban J connectivity index is 2.99. The molecule has 0 saturated heterocycles. The minimum Gasteiger partial charge on any atom is -0.0897 e. The van der Waals surface area contributed by atoms with Crippen LogP contribution in [0.2, 0.25) is 0 Å². The third-order valence-corrected chi connectivity index (χ3v) is 1.17. The summed E-state index contributed by atoms with van der Waals surface area (Å²) in [5.74, 6) is 0. The van der Waals surface area contributed by atoms with Gasteiger partial charge in [0.1, 0.15) is 0 Å². The second kappa shape index (κ2) is 3.29. The molecule has 0 heterocycles. The van der Waals surface area contributed by atoms with Crippen LogP contribution >= 0.6 is 12.2 Å². The molecule has 35 valence electrons. The van der Waals surface area contributed by atoms with Gasteiger partial charge in [-0.2, -0.15) is 0 Å². The molecular formula is C5H9S. The zero-order chi connectivity index (χ0) is 4.99. The Morgan fingerprint density at radius 3 is 2.33 bits per heavy atom. The van der Waals surface area contributed by atoms with E-state index in [4.69, 9.17) is 12.2 Å². The predicted octanol–water partition coefficient (Wildman–Crippen LogP) is 1.99. The van der Waals surface area contributed by atoms with E-state index in [2.05, 4.69) is 6.92 Å². The van der Waals surface area contributed by atoms with Crippen LogP contribution in [0.3, 0.4) is 0 Å². The van der Waals surface area contributed by atoms with Crippen LogP contribution in [0.15, 0.2) is 0 Å². The maximum absolute atomic E-state index is 4.79. The van der Waals surface area contributed by atoms with Crippen LogP contribution in [-0.4, -0.2) is 4.86 Å². The van der Waals surface area contributed by atoms with Crippen LogP contribution < -0.4 is 0 Å². The molecule has 0 unspecified atom stereocenters. The minimum absolute atomic E-state index is 0.811. The van der Waals surface area contributed by atoms with Crippen LogP contribution in [0.4, 0.5) is 0 Å². The van der Waals surface area contributed by atoms with Gasteiger partial charge in [0.05, 0.1) is 0 Å². The molecule has 0 bridgehead atoms. The zero-order valence-corrected chi connectivity index (χ0v) is 4.85. The average molecular weight is 101 g/mol. The molecule has 0 spiro atoms. The van der Waals surface area contributed by atoms with E-state index in [1.807, 2.05) is 6.92 Å². The highest BCUT2D eigenvalue weighted by Crippen LogP contribution is 1.87. The molecule has 0 aliphatic heterocycles. The zero-order valence-electron chi connectivity index (χ0n) is 4.03. The lowest BCUT2D eigenvalue weighted by Gasteiger charge is -1.85. The third-order valence-electron chi connectivity index (χ3n) is 0.673. The van der Waals surface area contributed by atoms with E-state index in [9.17, 15) is 0 Å². The molecule has 0 saturated carbocycles. The Morgan fingerprint density at radius 2 is 2.33 bits per heavy atom. The second-order valence-electron chi connectivity index (χ2n) is 1.14. The highest BCUT2D eigenvalue weighted by molar-refractivity contribution is 7.80. The molecule has 1 radical (unpaired) electrons. The monoisotopic (exact) mass is 101 g/mol. The van der Waals surface area contributed by atoms with Crippen molar-refractivity contribution in [1.29, 1.82) is 0 Å². The molecule has 0 rings (SSSR count). The van der Waals surface area contributed by atoms with Crippen molar-refractivity contribution < 1.29 is 0 Å². The van der Waals surface area contributed by atoms with Crippen molar-refractivity contribution in [3.8, 4) is 0 Å². The summed E-state index contributed by atoms with van der Waals surface area (Å²) in [5.41, 5.74) is 0. The smallest absolute Gasteiger partial charge is 0.00742 e. The van der Waals surface area contributed by atoms with E-state index in [1.165, 1.54) is 0 Å². The van der Waals surface area contributed by atoms with Gasteiger partial charge in [-0.05, 0) is 24.6 Å². The van der Waals surface area contributed by atoms with E-state index in [0.29, 0.717) is 0 Å². The number of rotatable bonds is 2. The SMILES string of the molecule is [CH2]CC(=S)CC. The average Bonchev–Trinajstić information content (AvgIpc) is 1.65. The van der Waals surface area contributed by atoms with Gasteiger partial charge in [0.25, 0.3) is 0 Å². The molecule has 0 atom stereocenters. The van der Waals surface area contributed by atoms with Crippen LogP contribution in [0.5, 0.6) is 0 Å². The number of hydrogen-bond acceptors (Lipinski definition) is 1. The van der Waals surface area contributed by atoms with E-state index in [-0.39, 0.29) is 0 Å². The molecule has 0 amide bonds. The predicted molar refractivity (Wildman–Crippen MR) is 32.9 cm³/mol. The van der Waals surface area contributed by atoms with E-state index in [0.717, 1.165) is 17.7 Å². The van der Waals surface area contributed by atoms with E-state index < -0.39 is 0 Å². The Bertz CT molecular complexity index is 41.9. The molecule has 0 nitrogen and oxygen atoms in total. The molecule has 0 fully saturated rings. The Morgan fingerprint density at radius 1 is 1.83 bits per heavy atom. The molecular weight excluding hydrogens is 92.1 g/mol. The van der Waals surface area contributed by atoms with Crippen molar-refractivity contribution >= 4 is 17.1 Å². The molecule has 0 aromatic carbocycles. The maximum Gasteiger partial charge on any atom is -0.00742 e. The normalized spacial score (nSPS) is 8.33. The Labute approximate surface area is 44.6 Å². The summed E-state index contributed by atoms with van der Waals surface area (Å²) < 4.78 is 0. The van der Waals surface area contributed by atoms with Gasteiger partial charge in [-0.3, -0.25) is 0 Å². The molecule has 0 aliphatic rings. The summed E-state index contributed by atoms with van der Waals surface area (Å²) in [6, 6.07) is 0. The van der Waals surface area contributed by atoms with Gasteiger partial charge in [0, 0.05) is 0 Å². The van der Waals surface area contributed by atoms with Gasteiger partial charge in [-0.15, -0.1) is 0 Å².